The van der Waals surface area contributed by atoms with E-state index in [0.717, 1.165) is 17.9 Å². The zero-order chi connectivity index (χ0) is 15.4. The third kappa shape index (κ3) is 4.55. The van der Waals surface area contributed by atoms with Crippen LogP contribution in [0.25, 0.3) is 0 Å². The highest BCUT2D eigenvalue weighted by Crippen LogP contribution is 2.12. The van der Waals surface area contributed by atoms with E-state index in [4.69, 9.17) is 0 Å². The van der Waals surface area contributed by atoms with Crippen LogP contribution in [-0.4, -0.2) is 19.6 Å². The summed E-state index contributed by atoms with van der Waals surface area (Å²) in [6, 6.07) is 1.99. The van der Waals surface area contributed by atoms with Crippen LogP contribution in [0.15, 0.2) is 12.3 Å². The predicted molar refractivity (Wildman–Crippen MR) is 87.5 cm³/mol. The number of aromatic nitrogens is 4. The highest BCUT2D eigenvalue weighted by molar-refractivity contribution is 5.85. The van der Waals surface area contributed by atoms with Gasteiger partial charge in [0.2, 0.25) is 5.95 Å². The molecule has 0 aliphatic heterocycles. The van der Waals surface area contributed by atoms with E-state index in [9.17, 15) is 4.39 Å². The molecule has 2 rings (SSSR count). The van der Waals surface area contributed by atoms with Gasteiger partial charge in [-0.1, -0.05) is 13.8 Å². The largest absolute Gasteiger partial charge is 0.307 e. The van der Waals surface area contributed by atoms with Crippen LogP contribution in [0, 0.1) is 18.8 Å². The van der Waals surface area contributed by atoms with Crippen LogP contribution in [0.3, 0.4) is 0 Å². The molecule has 0 aliphatic carbocycles. The van der Waals surface area contributed by atoms with E-state index in [2.05, 4.69) is 29.4 Å². The van der Waals surface area contributed by atoms with Crippen LogP contribution in [-0.2, 0) is 26.2 Å². The molecule has 0 aromatic carbocycles. The summed E-state index contributed by atoms with van der Waals surface area (Å²) in [5, 5.41) is 11.9. The molecule has 0 unspecified atom stereocenters. The average Bonchev–Trinajstić information content (AvgIpc) is 2.96. The number of aryl methyl sites for hydroxylation is 2. The maximum absolute atomic E-state index is 14.0. The van der Waals surface area contributed by atoms with Gasteiger partial charge in [-0.2, -0.15) is 14.6 Å². The van der Waals surface area contributed by atoms with Gasteiger partial charge in [0.25, 0.3) is 0 Å². The SMILES string of the molecule is CCn1nc(C)c(CNCc2ccn(CC(C)C)n2)c1F.Cl. The summed E-state index contributed by atoms with van der Waals surface area (Å²) in [5.74, 6) is 0.329. The molecule has 0 radical (unpaired) electrons. The quantitative estimate of drug-likeness (QED) is 0.849. The normalized spacial score (nSPS) is 11.0. The molecular weight excluding hydrogens is 305 g/mol. The summed E-state index contributed by atoms with van der Waals surface area (Å²) < 4.78 is 17.3. The van der Waals surface area contributed by atoms with Crippen LogP contribution in [0.5, 0.6) is 0 Å². The van der Waals surface area contributed by atoms with Crippen molar-refractivity contribution < 1.29 is 4.39 Å². The molecule has 2 aromatic rings. The zero-order valence-electron chi connectivity index (χ0n) is 13.6. The maximum atomic E-state index is 14.0. The van der Waals surface area contributed by atoms with Crippen LogP contribution >= 0.6 is 12.4 Å². The van der Waals surface area contributed by atoms with E-state index in [1.54, 1.807) is 0 Å². The summed E-state index contributed by atoms with van der Waals surface area (Å²) in [5.41, 5.74) is 2.35. The lowest BCUT2D eigenvalue weighted by Crippen LogP contribution is -2.15. The van der Waals surface area contributed by atoms with Crippen molar-refractivity contribution in [3.05, 3.63) is 35.2 Å². The van der Waals surface area contributed by atoms with Crippen molar-refractivity contribution in [2.75, 3.05) is 0 Å². The van der Waals surface area contributed by atoms with Crippen LogP contribution < -0.4 is 5.32 Å². The fraction of sp³-hybridized carbons (Fsp3) is 0.600. The number of halogens is 2. The standard InChI is InChI=1S/C15H24FN5.ClH/c1-5-21-15(16)14(12(4)18-21)9-17-8-13-6-7-20(19-13)10-11(2)3;/h6-7,11,17H,5,8-10H2,1-4H3;1H. The molecule has 22 heavy (non-hydrogen) atoms. The molecule has 2 aromatic heterocycles. The summed E-state index contributed by atoms with van der Waals surface area (Å²) in [6.45, 7) is 10.6. The highest BCUT2D eigenvalue weighted by Gasteiger charge is 2.13. The van der Waals surface area contributed by atoms with Gasteiger partial charge in [0, 0.05) is 37.9 Å². The third-order valence-corrected chi connectivity index (χ3v) is 3.34. The lowest BCUT2D eigenvalue weighted by Gasteiger charge is -2.05. The summed E-state index contributed by atoms with van der Waals surface area (Å²) in [7, 11) is 0. The minimum atomic E-state index is -0.243. The first-order chi connectivity index (χ1) is 10.0. The minimum absolute atomic E-state index is 0. The molecule has 5 nitrogen and oxygen atoms in total. The van der Waals surface area contributed by atoms with E-state index in [-0.39, 0.29) is 18.4 Å². The van der Waals surface area contributed by atoms with Gasteiger partial charge in [0.15, 0.2) is 0 Å². The lowest BCUT2D eigenvalue weighted by molar-refractivity contribution is 0.459. The monoisotopic (exact) mass is 329 g/mol. The first-order valence-corrected chi connectivity index (χ1v) is 7.46. The third-order valence-electron chi connectivity index (χ3n) is 3.34. The van der Waals surface area contributed by atoms with Crippen molar-refractivity contribution in [2.24, 2.45) is 5.92 Å². The maximum Gasteiger partial charge on any atom is 0.216 e. The molecule has 2 heterocycles. The van der Waals surface area contributed by atoms with Gasteiger partial charge in [-0.15, -0.1) is 12.4 Å². The van der Waals surface area contributed by atoms with Gasteiger partial charge in [-0.05, 0) is 25.8 Å². The summed E-state index contributed by atoms with van der Waals surface area (Å²) in [4.78, 5) is 0. The Labute approximate surface area is 137 Å². The zero-order valence-corrected chi connectivity index (χ0v) is 14.5. The predicted octanol–water partition coefficient (Wildman–Crippen LogP) is 2.91. The minimum Gasteiger partial charge on any atom is -0.307 e. The number of hydrogen-bond acceptors (Lipinski definition) is 3. The van der Waals surface area contributed by atoms with Gasteiger partial charge < -0.3 is 5.32 Å². The smallest absolute Gasteiger partial charge is 0.216 e. The van der Waals surface area contributed by atoms with Crippen LogP contribution in [0.1, 0.15) is 37.7 Å². The molecule has 0 saturated carbocycles. The van der Waals surface area contributed by atoms with Gasteiger partial charge in [-0.25, -0.2) is 4.68 Å². The second kappa shape index (κ2) is 8.29. The van der Waals surface area contributed by atoms with Crippen LogP contribution in [0.2, 0.25) is 0 Å². The van der Waals surface area contributed by atoms with Crippen molar-refractivity contribution in [3.63, 3.8) is 0 Å². The molecule has 124 valence electrons. The van der Waals surface area contributed by atoms with E-state index in [1.165, 1.54) is 4.68 Å². The second-order valence-corrected chi connectivity index (χ2v) is 5.70. The Balaban J connectivity index is 0.00000242. The van der Waals surface area contributed by atoms with E-state index in [1.807, 2.05) is 30.8 Å². The molecule has 0 saturated heterocycles. The Hall–Kier alpha value is -1.40. The molecule has 0 amide bonds. The van der Waals surface area contributed by atoms with Gasteiger partial charge in [0.1, 0.15) is 0 Å². The molecule has 0 fully saturated rings. The molecule has 7 heteroatoms. The summed E-state index contributed by atoms with van der Waals surface area (Å²) >= 11 is 0. The Kier molecular flexibility index (Phi) is 7.03. The molecule has 0 aliphatic rings. The van der Waals surface area contributed by atoms with Crippen molar-refractivity contribution >= 4 is 12.4 Å². The molecule has 0 atom stereocenters. The average molecular weight is 330 g/mol. The first kappa shape index (κ1) is 18.6. The Morgan fingerprint density at radius 1 is 1.27 bits per heavy atom. The fourth-order valence-electron chi connectivity index (χ4n) is 2.29. The first-order valence-electron chi connectivity index (χ1n) is 7.46. The molecule has 1 N–H and O–H groups in total. The van der Waals surface area contributed by atoms with Gasteiger partial charge >= 0.3 is 0 Å². The van der Waals surface area contributed by atoms with Crippen molar-refractivity contribution in [1.29, 1.82) is 0 Å². The molecule has 0 spiro atoms. The second-order valence-electron chi connectivity index (χ2n) is 5.70. The van der Waals surface area contributed by atoms with Crippen molar-refractivity contribution in [1.82, 2.24) is 24.9 Å². The van der Waals surface area contributed by atoms with Crippen molar-refractivity contribution in [3.8, 4) is 0 Å². The Morgan fingerprint density at radius 2 is 2.00 bits per heavy atom. The van der Waals surface area contributed by atoms with E-state index in [0.29, 0.717) is 31.1 Å². The van der Waals surface area contributed by atoms with Crippen LogP contribution in [0.4, 0.5) is 4.39 Å². The number of rotatable bonds is 7. The number of nitrogens with one attached hydrogen (secondary N) is 1. The van der Waals surface area contributed by atoms with E-state index >= 15 is 0 Å². The van der Waals surface area contributed by atoms with Gasteiger partial charge in [-0.3, -0.25) is 4.68 Å². The van der Waals surface area contributed by atoms with Crippen molar-refractivity contribution in [2.45, 2.75) is 53.9 Å². The lowest BCUT2D eigenvalue weighted by atomic mass is 10.2. The molecule has 0 bridgehead atoms. The van der Waals surface area contributed by atoms with E-state index < -0.39 is 0 Å². The molecular formula is C15H25ClFN5. The summed E-state index contributed by atoms with van der Waals surface area (Å²) in [6.07, 6.45) is 1.98. The Bertz CT molecular complexity index is 591. The Morgan fingerprint density at radius 3 is 2.59 bits per heavy atom. The fourth-order valence-corrected chi connectivity index (χ4v) is 2.29. The number of nitrogens with zero attached hydrogens (tertiary/aromatic N) is 4. The topological polar surface area (TPSA) is 47.7 Å². The van der Waals surface area contributed by atoms with Gasteiger partial charge in [0.05, 0.1) is 11.4 Å². The highest BCUT2D eigenvalue weighted by atomic mass is 35.5. The number of hydrogen-bond donors (Lipinski definition) is 1.